The van der Waals surface area contributed by atoms with Gasteiger partial charge in [-0.25, -0.2) is 9.97 Å². The molecule has 0 N–H and O–H groups in total. The molecule has 0 radical (unpaired) electrons. The summed E-state index contributed by atoms with van der Waals surface area (Å²) in [5, 5.41) is 0. The molecule has 0 saturated heterocycles. The van der Waals surface area contributed by atoms with Gasteiger partial charge in [0.25, 0.3) is 0 Å². The average molecular weight is 625 g/mol. The highest BCUT2D eigenvalue weighted by Crippen LogP contribution is 2.47. The van der Waals surface area contributed by atoms with Crippen molar-refractivity contribution < 1.29 is 0 Å². The maximum Gasteiger partial charge on any atom is 0.160 e. The van der Waals surface area contributed by atoms with Gasteiger partial charge in [0.05, 0.1) is 11.4 Å². The normalized spacial score (nSPS) is 11.6. The number of hydrogen-bond acceptors (Lipinski definition) is 2. The topological polar surface area (TPSA) is 25.8 Å². The van der Waals surface area contributed by atoms with Gasteiger partial charge in [-0.15, -0.1) is 0 Å². The van der Waals surface area contributed by atoms with Crippen LogP contribution in [0.4, 0.5) is 0 Å². The largest absolute Gasteiger partial charge is 0.228 e. The first-order valence-corrected chi connectivity index (χ1v) is 16.8. The van der Waals surface area contributed by atoms with E-state index in [1.165, 1.54) is 55.6 Å². The van der Waals surface area contributed by atoms with Crippen LogP contribution in [-0.4, -0.2) is 9.97 Å². The van der Waals surface area contributed by atoms with Crippen LogP contribution in [0.15, 0.2) is 182 Å². The Hall–Kier alpha value is -6.38. The highest BCUT2D eigenvalue weighted by Gasteiger charge is 2.24. The lowest BCUT2D eigenvalue weighted by molar-refractivity contribution is 1.18. The molecule has 2 nitrogen and oxygen atoms in total. The zero-order valence-corrected chi connectivity index (χ0v) is 26.9. The first-order chi connectivity index (χ1) is 24.3. The summed E-state index contributed by atoms with van der Waals surface area (Å²) >= 11 is 0. The molecule has 0 spiro atoms. The summed E-state index contributed by atoms with van der Waals surface area (Å²) < 4.78 is 0. The Morgan fingerprint density at radius 1 is 0.306 bits per heavy atom. The third kappa shape index (κ3) is 5.44. The molecule has 1 aliphatic rings. The summed E-state index contributed by atoms with van der Waals surface area (Å²) in [7, 11) is 0. The van der Waals surface area contributed by atoms with E-state index in [2.05, 4.69) is 158 Å². The van der Waals surface area contributed by atoms with E-state index >= 15 is 0 Å². The lowest BCUT2D eigenvalue weighted by Gasteiger charge is -2.17. The van der Waals surface area contributed by atoms with E-state index in [0.29, 0.717) is 0 Å². The Morgan fingerprint density at radius 2 is 0.796 bits per heavy atom. The fourth-order valence-electron chi connectivity index (χ4n) is 7.11. The molecule has 1 heterocycles. The van der Waals surface area contributed by atoms with Crippen molar-refractivity contribution in [1.29, 1.82) is 0 Å². The van der Waals surface area contributed by atoms with Gasteiger partial charge in [0.15, 0.2) is 5.82 Å². The number of aromatic nitrogens is 2. The maximum absolute atomic E-state index is 5.06. The van der Waals surface area contributed by atoms with E-state index in [1.54, 1.807) is 0 Å². The van der Waals surface area contributed by atoms with Gasteiger partial charge in [-0.2, -0.15) is 0 Å². The van der Waals surface area contributed by atoms with Gasteiger partial charge in [0.1, 0.15) is 0 Å². The van der Waals surface area contributed by atoms with Gasteiger partial charge < -0.3 is 0 Å². The van der Waals surface area contributed by atoms with Crippen LogP contribution in [0.2, 0.25) is 0 Å². The van der Waals surface area contributed by atoms with E-state index in [-0.39, 0.29) is 0 Å². The van der Waals surface area contributed by atoms with Crippen LogP contribution in [0.1, 0.15) is 11.1 Å². The number of hydrogen-bond donors (Lipinski definition) is 0. The molecule has 0 unspecified atom stereocenters. The molecule has 0 bridgehead atoms. The quantitative estimate of drug-likeness (QED) is 0.184. The molecule has 230 valence electrons. The standard InChI is InChI=1S/C47H32N2/c1-4-12-32(13-5-1)33-20-26-37(27-21-33)45-42(29-28-40-30-39-18-10-11-19-41(39)46(40)45)34-22-24-36(25-23-34)44-31-43(35-14-6-2-7-15-35)48-47(49-44)38-16-8-3-9-17-38/h1-29,31H,30H2. The molecular weight excluding hydrogens is 593 g/mol. The van der Waals surface area contributed by atoms with Gasteiger partial charge in [-0.3, -0.25) is 0 Å². The van der Waals surface area contributed by atoms with E-state index in [4.69, 9.17) is 9.97 Å². The predicted octanol–water partition coefficient (Wildman–Crippen LogP) is 12.0. The second-order valence-electron chi connectivity index (χ2n) is 12.6. The Morgan fingerprint density at radius 3 is 1.47 bits per heavy atom. The molecule has 0 fully saturated rings. The second kappa shape index (κ2) is 12.3. The third-order valence-electron chi connectivity index (χ3n) is 9.56. The van der Waals surface area contributed by atoms with Crippen LogP contribution in [0.5, 0.6) is 0 Å². The van der Waals surface area contributed by atoms with Crippen molar-refractivity contribution in [2.24, 2.45) is 0 Å². The highest BCUT2D eigenvalue weighted by molar-refractivity contribution is 5.99. The van der Waals surface area contributed by atoms with Crippen LogP contribution in [0.25, 0.3) is 78.4 Å². The number of rotatable bonds is 6. The summed E-state index contributed by atoms with van der Waals surface area (Å²) in [6.07, 6.45) is 0.959. The van der Waals surface area contributed by atoms with Crippen molar-refractivity contribution in [1.82, 2.24) is 9.97 Å². The number of nitrogens with zero attached hydrogens (tertiary/aromatic N) is 2. The maximum atomic E-state index is 5.06. The van der Waals surface area contributed by atoms with Crippen molar-refractivity contribution in [2.75, 3.05) is 0 Å². The minimum absolute atomic E-state index is 0.722. The summed E-state index contributed by atoms with van der Waals surface area (Å²) in [5.41, 5.74) is 17.8. The van der Waals surface area contributed by atoms with Crippen molar-refractivity contribution in [2.45, 2.75) is 6.42 Å². The van der Waals surface area contributed by atoms with Crippen LogP contribution >= 0.6 is 0 Å². The first kappa shape index (κ1) is 28.8. The fourth-order valence-corrected chi connectivity index (χ4v) is 7.11. The van der Waals surface area contributed by atoms with Crippen LogP contribution in [0.3, 0.4) is 0 Å². The predicted molar refractivity (Wildman–Crippen MR) is 203 cm³/mol. The summed E-state index contributed by atoms with van der Waals surface area (Å²) in [5.74, 6) is 0.722. The van der Waals surface area contributed by atoms with Crippen molar-refractivity contribution in [3.05, 3.63) is 193 Å². The smallest absolute Gasteiger partial charge is 0.160 e. The highest BCUT2D eigenvalue weighted by atomic mass is 14.9. The Balaban J connectivity index is 1.16. The molecule has 1 aliphatic carbocycles. The molecule has 1 aromatic heterocycles. The van der Waals surface area contributed by atoms with Gasteiger partial charge in [0, 0.05) is 16.7 Å². The monoisotopic (exact) mass is 624 g/mol. The van der Waals surface area contributed by atoms with Gasteiger partial charge >= 0.3 is 0 Å². The minimum Gasteiger partial charge on any atom is -0.228 e. The minimum atomic E-state index is 0.722. The second-order valence-corrected chi connectivity index (χ2v) is 12.6. The average Bonchev–Trinajstić information content (AvgIpc) is 3.57. The lowest BCUT2D eigenvalue weighted by atomic mass is 9.86. The molecule has 0 aliphatic heterocycles. The molecule has 0 saturated carbocycles. The van der Waals surface area contributed by atoms with Gasteiger partial charge in [-0.05, 0) is 68.1 Å². The SMILES string of the molecule is c1ccc(-c2ccc(-c3c(-c4ccc(-c5cc(-c6ccccc6)nc(-c6ccccc6)n5)cc4)ccc4c3-c3ccccc3C4)cc2)cc1. The summed E-state index contributed by atoms with van der Waals surface area (Å²) in [6.45, 7) is 0. The van der Waals surface area contributed by atoms with Gasteiger partial charge in [-0.1, -0.05) is 176 Å². The molecule has 2 heteroatoms. The molecule has 9 rings (SSSR count). The third-order valence-corrected chi connectivity index (χ3v) is 9.56. The van der Waals surface area contributed by atoms with Crippen LogP contribution in [0, 0.1) is 0 Å². The van der Waals surface area contributed by atoms with Crippen molar-refractivity contribution in [3.8, 4) is 78.4 Å². The van der Waals surface area contributed by atoms with Crippen LogP contribution < -0.4 is 0 Å². The zero-order chi connectivity index (χ0) is 32.6. The molecule has 7 aromatic carbocycles. The lowest BCUT2D eigenvalue weighted by Crippen LogP contribution is -1.96. The van der Waals surface area contributed by atoms with E-state index in [0.717, 1.165) is 40.3 Å². The van der Waals surface area contributed by atoms with E-state index in [1.807, 2.05) is 24.3 Å². The summed E-state index contributed by atoms with van der Waals surface area (Å²) in [6, 6.07) is 64.7. The molecule has 0 amide bonds. The first-order valence-electron chi connectivity index (χ1n) is 16.8. The Bertz CT molecular complexity index is 2360. The molecule has 8 aromatic rings. The molecular formula is C47H32N2. The number of fused-ring (bicyclic) bond motifs is 3. The van der Waals surface area contributed by atoms with Gasteiger partial charge in [0.2, 0.25) is 0 Å². The van der Waals surface area contributed by atoms with Crippen molar-refractivity contribution >= 4 is 0 Å². The fraction of sp³-hybridized carbons (Fsp3) is 0.0213. The molecule has 49 heavy (non-hydrogen) atoms. The Labute approximate surface area is 287 Å². The summed E-state index contributed by atoms with van der Waals surface area (Å²) in [4.78, 5) is 10.0. The van der Waals surface area contributed by atoms with E-state index < -0.39 is 0 Å². The molecule has 0 atom stereocenters. The van der Waals surface area contributed by atoms with Crippen molar-refractivity contribution in [3.63, 3.8) is 0 Å². The number of benzene rings is 7. The van der Waals surface area contributed by atoms with E-state index in [9.17, 15) is 0 Å². The van der Waals surface area contributed by atoms with Crippen LogP contribution in [-0.2, 0) is 6.42 Å². The Kier molecular flexibility index (Phi) is 7.25. The zero-order valence-electron chi connectivity index (χ0n) is 26.9.